The van der Waals surface area contributed by atoms with Gasteiger partial charge < -0.3 is 10.1 Å². The number of nitrogens with one attached hydrogen (secondary N) is 2. The van der Waals surface area contributed by atoms with Crippen LogP contribution in [0.4, 0.5) is 5.69 Å². The summed E-state index contributed by atoms with van der Waals surface area (Å²) in [7, 11) is 1.55. The molecule has 0 unspecified atom stereocenters. The quantitative estimate of drug-likeness (QED) is 0.617. The summed E-state index contributed by atoms with van der Waals surface area (Å²) in [5.74, 6) is 0.406. The zero-order valence-corrected chi connectivity index (χ0v) is 15.8. The first-order chi connectivity index (χ1) is 12.7. The Hall–Kier alpha value is -2.34. The van der Waals surface area contributed by atoms with E-state index in [0.29, 0.717) is 16.5 Å². The fraction of sp³-hybridized carbons (Fsp3) is 0.150. The molecule has 1 atom stereocenters. The Morgan fingerprint density at radius 2 is 1.96 bits per heavy atom. The molecule has 26 heavy (non-hydrogen) atoms. The predicted octanol–water partition coefficient (Wildman–Crippen LogP) is 4.73. The first-order valence-electron chi connectivity index (χ1n) is 8.12. The zero-order chi connectivity index (χ0) is 18.4. The lowest BCUT2D eigenvalue weighted by Gasteiger charge is -2.18. The molecule has 4 nitrogen and oxygen atoms in total. The van der Waals surface area contributed by atoms with Gasteiger partial charge in [-0.2, -0.15) is 0 Å². The van der Waals surface area contributed by atoms with E-state index < -0.39 is 0 Å². The molecule has 3 rings (SSSR count). The SMILES string of the molecule is COc1ccc(Cl)cc1NC(=O)CN[C@@H](c1ccccc1)c1cccs1. The summed E-state index contributed by atoms with van der Waals surface area (Å²) < 4.78 is 5.26. The minimum Gasteiger partial charge on any atom is -0.495 e. The molecule has 0 radical (unpaired) electrons. The number of carbonyl (C=O) groups is 1. The van der Waals surface area contributed by atoms with Gasteiger partial charge >= 0.3 is 0 Å². The standard InChI is InChI=1S/C20H19ClN2O2S/c1-25-17-10-9-15(21)12-16(17)23-19(24)13-22-20(18-8-5-11-26-18)14-6-3-2-4-7-14/h2-12,20,22H,13H2,1H3,(H,23,24)/t20-/m0/s1. The Morgan fingerprint density at radius 1 is 1.15 bits per heavy atom. The van der Waals surface area contributed by atoms with E-state index in [9.17, 15) is 4.79 Å². The molecule has 0 bridgehead atoms. The molecule has 1 aromatic heterocycles. The van der Waals surface area contributed by atoms with Crippen molar-refractivity contribution in [2.24, 2.45) is 0 Å². The van der Waals surface area contributed by atoms with Crippen molar-refractivity contribution in [3.8, 4) is 5.75 Å². The smallest absolute Gasteiger partial charge is 0.238 e. The van der Waals surface area contributed by atoms with Crippen molar-refractivity contribution in [3.05, 3.63) is 81.5 Å². The van der Waals surface area contributed by atoms with E-state index in [-0.39, 0.29) is 18.5 Å². The lowest BCUT2D eigenvalue weighted by atomic mass is 10.1. The van der Waals surface area contributed by atoms with E-state index in [1.807, 2.05) is 29.6 Å². The van der Waals surface area contributed by atoms with E-state index in [1.54, 1.807) is 36.6 Å². The van der Waals surface area contributed by atoms with Crippen LogP contribution in [-0.4, -0.2) is 19.6 Å². The second kappa shape index (κ2) is 8.85. The molecular formula is C20H19ClN2O2S. The van der Waals surface area contributed by atoms with Gasteiger partial charge in [0.25, 0.3) is 0 Å². The third-order valence-corrected chi connectivity index (χ3v) is 5.04. The summed E-state index contributed by atoms with van der Waals surface area (Å²) in [4.78, 5) is 13.6. The maximum absolute atomic E-state index is 12.4. The summed E-state index contributed by atoms with van der Waals surface area (Å²) in [5, 5.41) is 8.75. The molecule has 0 aliphatic rings. The first-order valence-corrected chi connectivity index (χ1v) is 9.38. The molecule has 0 fully saturated rings. The molecule has 0 aliphatic carbocycles. The number of thiophene rings is 1. The van der Waals surface area contributed by atoms with Crippen LogP contribution >= 0.6 is 22.9 Å². The van der Waals surface area contributed by atoms with Crippen LogP contribution in [0.3, 0.4) is 0 Å². The van der Waals surface area contributed by atoms with Gasteiger partial charge in [0.2, 0.25) is 5.91 Å². The second-order valence-electron chi connectivity index (χ2n) is 5.63. The van der Waals surface area contributed by atoms with Gasteiger partial charge in [-0.05, 0) is 35.2 Å². The summed E-state index contributed by atoms with van der Waals surface area (Å²) >= 11 is 7.67. The molecule has 6 heteroatoms. The summed E-state index contributed by atoms with van der Waals surface area (Å²) in [6, 6.07) is 19.2. The number of hydrogen-bond donors (Lipinski definition) is 2. The summed E-state index contributed by atoms with van der Waals surface area (Å²) in [5.41, 5.74) is 1.67. The van der Waals surface area contributed by atoms with Crippen LogP contribution in [0.2, 0.25) is 5.02 Å². The zero-order valence-electron chi connectivity index (χ0n) is 14.2. The third-order valence-electron chi connectivity index (χ3n) is 3.86. The van der Waals surface area contributed by atoms with E-state index >= 15 is 0 Å². The van der Waals surface area contributed by atoms with Crippen molar-refractivity contribution in [2.75, 3.05) is 19.0 Å². The Bertz CT molecular complexity index is 854. The van der Waals surface area contributed by atoms with Crippen LogP contribution in [0.25, 0.3) is 0 Å². The van der Waals surface area contributed by atoms with Crippen LogP contribution in [0.1, 0.15) is 16.5 Å². The van der Waals surface area contributed by atoms with Gasteiger partial charge in [0.15, 0.2) is 0 Å². The van der Waals surface area contributed by atoms with E-state index in [2.05, 4.69) is 28.8 Å². The molecule has 1 heterocycles. The highest BCUT2D eigenvalue weighted by Crippen LogP contribution is 2.28. The fourth-order valence-electron chi connectivity index (χ4n) is 2.65. The number of rotatable bonds is 7. The number of halogens is 1. The van der Waals surface area contributed by atoms with Crippen molar-refractivity contribution >= 4 is 34.5 Å². The molecule has 3 aromatic rings. The Labute approximate surface area is 161 Å². The summed E-state index contributed by atoms with van der Waals surface area (Å²) in [6.45, 7) is 0.160. The van der Waals surface area contributed by atoms with Crippen molar-refractivity contribution in [3.63, 3.8) is 0 Å². The predicted molar refractivity (Wildman–Crippen MR) is 107 cm³/mol. The minimum absolute atomic E-state index is 0.0387. The lowest BCUT2D eigenvalue weighted by Crippen LogP contribution is -2.31. The number of ether oxygens (including phenoxy) is 1. The second-order valence-corrected chi connectivity index (χ2v) is 7.05. The van der Waals surface area contributed by atoms with Gasteiger partial charge in [0, 0.05) is 9.90 Å². The minimum atomic E-state index is -0.164. The first kappa shape index (κ1) is 18.5. The van der Waals surface area contributed by atoms with E-state index in [1.165, 1.54) is 0 Å². The average molecular weight is 387 g/mol. The van der Waals surface area contributed by atoms with Crippen LogP contribution in [0.15, 0.2) is 66.0 Å². The van der Waals surface area contributed by atoms with Crippen molar-refractivity contribution < 1.29 is 9.53 Å². The van der Waals surface area contributed by atoms with Crippen molar-refractivity contribution in [1.29, 1.82) is 0 Å². The third kappa shape index (κ3) is 4.64. The molecule has 1 amide bonds. The molecule has 0 aliphatic heterocycles. The van der Waals surface area contributed by atoms with Crippen molar-refractivity contribution in [1.82, 2.24) is 5.32 Å². The van der Waals surface area contributed by atoms with Gasteiger partial charge in [-0.1, -0.05) is 48.0 Å². The summed E-state index contributed by atoms with van der Waals surface area (Å²) in [6.07, 6.45) is 0. The number of carbonyl (C=O) groups excluding carboxylic acids is 1. The maximum Gasteiger partial charge on any atom is 0.238 e. The van der Waals surface area contributed by atoms with Crippen molar-refractivity contribution in [2.45, 2.75) is 6.04 Å². The normalized spacial score (nSPS) is 11.8. The monoisotopic (exact) mass is 386 g/mol. The molecule has 0 saturated heterocycles. The van der Waals surface area contributed by atoms with Gasteiger partial charge in [-0.15, -0.1) is 11.3 Å². The highest BCUT2D eigenvalue weighted by atomic mass is 35.5. The van der Waals surface area contributed by atoms with Gasteiger partial charge in [0.1, 0.15) is 5.75 Å². The van der Waals surface area contributed by atoms with Crippen LogP contribution < -0.4 is 15.4 Å². The Morgan fingerprint density at radius 3 is 2.65 bits per heavy atom. The molecule has 0 saturated carbocycles. The molecule has 0 spiro atoms. The lowest BCUT2D eigenvalue weighted by molar-refractivity contribution is -0.115. The highest BCUT2D eigenvalue weighted by Gasteiger charge is 2.16. The number of benzene rings is 2. The van der Waals surface area contributed by atoms with Crippen LogP contribution in [0.5, 0.6) is 5.75 Å². The highest BCUT2D eigenvalue weighted by molar-refractivity contribution is 7.10. The molecular weight excluding hydrogens is 368 g/mol. The van der Waals surface area contributed by atoms with Crippen LogP contribution in [-0.2, 0) is 4.79 Å². The van der Waals surface area contributed by atoms with E-state index in [0.717, 1.165) is 10.4 Å². The number of anilines is 1. The van der Waals surface area contributed by atoms with E-state index in [4.69, 9.17) is 16.3 Å². The number of methoxy groups -OCH3 is 1. The molecule has 2 aromatic carbocycles. The maximum atomic E-state index is 12.4. The Kier molecular flexibility index (Phi) is 6.28. The van der Waals surface area contributed by atoms with Gasteiger partial charge in [-0.25, -0.2) is 0 Å². The average Bonchev–Trinajstić information content (AvgIpc) is 3.17. The van der Waals surface area contributed by atoms with Gasteiger partial charge in [0.05, 0.1) is 25.4 Å². The van der Waals surface area contributed by atoms with Crippen LogP contribution in [0, 0.1) is 0 Å². The number of hydrogen-bond acceptors (Lipinski definition) is 4. The molecule has 134 valence electrons. The number of amides is 1. The van der Waals surface area contributed by atoms with Gasteiger partial charge in [-0.3, -0.25) is 10.1 Å². The Balaban J connectivity index is 1.70. The largest absolute Gasteiger partial charge is 0.495 e. The topological polar surface area (TPSA) is 50.4 Å². The fourth-order valence-corrected chi connectivity index (χ4v) is 3.65. The molecule has 2 N–H and O–H groups in total.